The van der Waals surface area contributed by atoms with Crippen molar-refractivity contribution in [3.05, 3.63) is 48.0 Å². The van der Waals surface area contributed by atoms with Crippen LogP contribution in [0.1, 0.15) is 25.3 Å². The molecule has 1 aliphatic carbocycles. The van der Waals surface area contributed by atoms with Gasteiger partial charge in [-0.2, -0.15) is 0 Å². The first-order chi connectivity index (χ1) is 11.6. The molecule has 1 aliphatic rings. The summed E-state index contributed by atoms with van der Waals surface area (Å²) in [4.78, 5) is 23.7. The molecule has 0 bridgehead atoms. The molecule has 0 aromatic heterocycles. The Morgan fingerprint density at radius 3 is 2.58 bits per heavy atom. The summed E-state index contributed by atoms with van der Waals surface area (Å²) >= 11 is 0. The molecule has 0 saturated heterocycles. The summed E-state index contributed by atoms with van der Waals surface area (Å²) in [6.07, 6.45) is 2.62. The van der Waals surface area contributed by atoms with E-state index in [0.29, 0.717) is 12.3 Å². The first-order valence-electron chi connectivity index (χ1n) is 8.53. The van der Waals surface area contributed by atoms with E-state index in [0.717, 1.165) is 29.2 Å². The Labute approximate surface area is 141 Å². The van der Waals surface area contributed by atoms with E-state index in [1.165, 1.54) is 0 Å². The Morgan fingerprint density at radius 1 is 1.17 bits per heavy atom. The van der Waals surface area contributed by atoms with Gasteiger partial charge in [0.1, 0.15) is 0 Å². The SMILES string of the molecule is CC(C(=O)NCC(Cc1cccc2ccccc12)C(=O)O)C1CC1. The van der Waals surface area contributed by atoms with Gasteiger partial charge in [-0.3, -0.25) is 9.59 Å². The number of fused-ring (bicyclic) bond motifs is 1. The Bertz CT molecular complexity index is 746. The fourth-order valence-corrected chi connectivity index (χ4v) is 3.18. The lowest BCUT2D eigenvalue weighted by Gasteiger charge is -2.17. The van der Waals surface area contributed by atoms with Gasteiger partial charge in [0.05, 0.1) is 5.92 Å². The van der Waals surface area contributed by atoms with E-state index in [9.17, 15) is 14.7 Å². The largest absolute Gasteiger partial charge is 0.481 e. The van der Waals surface area contributed by atoms with Crippen molar-refractivity contribution in [1.82, 2.24) is 5.32 Å². The van der Waals surface area contributed by atoms with Crippen LogP contribution in [0.25, 0.3) is 10.8 Å². The van der Waals surface area contributed by atoms with Gasteiger partial charge in [-0.25, -0.2) is 0 Å². The first kappa shape index (κ1) is 16.5. The summed E-state index contributed by atoms with van der Waals surface area (Å²) in [5.41, 5.74) is 1.00. The predicted molar refractivity (Wildman–Crippen MR) is 93.7 cm³/mol. The summed E-state index contributed by atoms with van der Waals surface area (Å²) in [7, 11) is 0. The quantitative estimate of drug-likeness (QED) is 0.821. The lowest BCUT2D eigenvalue weighted by atomic mass is 9.94. The van der Waals surface area contributed by atoms with Crippen LogP contribution in [0.5, 0.6) is 0 Å². The molecule has 0 aliphatic heterocycles. The number of aliphatic carboxylic acids is 1. The van der Waals surface area contributed by atoms with Gasteiger partial charge in [0.2, 0.25) is 5.91 Å². The van der Waals surface area contributed by atoms with Crippen molar-refractivity contribution in [3.8, 4) is 0 Å². The van der Waals surface area contributed by atoms with Crippen molar-refractivity contribution in [2.24, 2.45) is 17.8 Å². The van der Waals surface area contributed by atoms with Crippen LogP contribution in [0.3, 0.4) is 0 Å². The van der Waals surface area contributed by atoms with Gasteiger partial charge in [0, 0.05) is 12.5 Å². The highest BCUT2D eigenvalue weighted by Crippen LogP contribution is 2.36. The van der Waals surface area contributed by atoms with Crippen LogP contribution in [0.15, 0.2) is 42.5 Å². The fourth-order valence-electron chi connectivity index (χ4n) is 3.18. The molecule has 2 atom stereocenters. The molecule has 4 heteroatoms. The average Bonchev–Trinajstić information content (AvgIpc) is 3.42. The number of carbonyl (C=O) groups is 2. The Hall–Kier alpha value is -2.36. The Morgan fingerprint density at radius 2 is 1.88 bits per heavy atom. The minimum Gasteiger partial charge on any atom is -0.481 e. The third kappa shape index (κ3) is 3.75. The Balaban J connectivity index is 1.69. The number of hydrogen-bond acceptors (Lipinski definition) is 2. The predicted octanol–water partition coefficient (Wildman–Crippen LogP) is 3.25. The van der Waals surface area contributed by atoms with Crippen molar-refractivity contribution in [2.45, 2.75) is 26.2 Å². The van der Waals surface area contributed by atoms with Gasteiger partial charge in [0.15, 0.2) is 0 Å². The smallest absolute Gasteiger partial charge is 0.308 e. The highest BCUT2D eigenvalue weighted by Gasteiger charge is 2.33. The van der Waals surface area contributed by atoms with Gasteiger partial charge < -0.3 is 10.4 Å². The summed E-state index contributed by atoms with van der Waals surface area (Å²) < 4.78 is 0. The second-order valence-electron chi connectivity index (χ2n) is 6.75. The van der Waals surface area contributed by atoms with E-state index in [1.807, 2.05) is 49.4 Å². The highest BCUT2D eigenvalue weighted by atomic mass is 16.4. The van der Waals surface area contributed by atoms with E-state index in [-0.39, 0.29) is 18.4 Å². The molecule has 0 spiro atoms. The molecule has 0 radical (unpaired) electrons. The zero-order valence-electron chi connectivity index (χ0n) is 13.9. The molecule has 3 rings (SSSR count). The van der Waals surface area contributed by atoms with Crippen LogP contribution >= 0.6 is 0 Å². The van der Waals surface area contributed by atoms with Gasteiger partial charge in [0.25, 0.3) is 0 Å². The molecule has 24 heavy (non-hydrogen) atoms. The highest BCUT2D eigenvalue weighted by molar-refractivity contribution is 5.86. The minimum absolute atomic E-state index is 0.0167. The van der Waals surface area contributed by atoms with Gasteiger partial charge in [-0.15, -0.1) is 0 Å². The molecule has 2 aromatic carbocycles. The van der Waals surface area contributed by atoms with Crippen molar-refractivity contribution < 1.29 is 14.7 Å². The maximum Gasteiger partial charge on any atom is 0.308 e. The molecule has 2 unspecified atom stereocenters. The van der Waals surface area contributed by atoms with Gasteiger partial charge in [-0.05, 0) is 41.5 Å². The van der Waals surface area contributed by atoms with Crippen molar-refractivity contribution >= 4 is 22.6 Å². The molecule has 4 nitrogen and oxygen atoms in total. The van der Waals surface area contributed by atoms with Crippen LogP contribution in [0.2, 0.25) is 0 Å². The molecular weight excluding hydrogens is 302 g/mol. The number of carboxylic acids is 1. The van der Waals surface area contributed by atoms with Crippen molar-refractivity contribution in [2.75, 3.05) is 6.54 Å². The average molecular weight is 325 g/mol. The lowest BCUT2D eigenvalue weighted by Crippen LogP contribution is -2.37. The molecule has 2 N–H and O–H groups in total. The third-order valence-electron chi connectivity index (χ3n) is 4.96. The minimum atomic E-state index is -0.873. The topological polar surface area (TPSA) is 66.4 Å². The number of carbonyl (C=O) groups excluding carboxylic acids is 1. The third-order valence-corrected chi connectivity index (χ3v) is 4.96. The number of carboxylic acid groups (broad SMARTS) is 1. The van der Waals surface area contributed by atoms with E-state index in [4.69, 9.17) is 0 Å². The maximum absolute atomic E-state index is 12.1. The second-order valence-corrected chi connectivity index (χ2v) is 6.75. The lowest BCUT2D eigenvalue weighted by molar-refractivity contribution is -0.141. The van der Waals surface area contributed by atoms with Crippen LogP contribution in [0.4, 0.5) is 0 Å². The molecule has 0 heterocycles. The van der Waals surface area contributed by atoms with E-state index >= 15 is 0 Å². The van der Waals surface area contributed by atoms with Gasteiger partial charge >= 0.3 is 5.97 Å². The summed E-state index contributed by atoms with van der Waals surface area (Å²) in [6.45, 7) is 2.10. The standard InChI is InChI=1S/C20H23NO3/c1-13(14-9-10-14)19(22)21-12-17(20(23)24)11-16-7-4-6-15-5-2-3-8-18(15)16/h2-8,13-14,17H,9-12H2,1H3,(H,21,22)(H,23,24). The van der Waals surface area contributed by atoms with E-state index in [1.54, 1.807) is 0 Å². The van der Waals surface area contributed by atoms with Crippen LogP contribution in [-0.2, 0) is 16.0 Å². The van der Waals surface area contributed by atoms with E-state index < -0.39 is 11.9 Å². The molecule has 1 saturated carbocycles. The first-order valence-corrected chi connectivity index (χ1v) is 8.53. The zero-order chi connectivity index (χ0) is 17.1. The molecule has 1 amide bonds. The van der Waals surface area contributed by atoms with E-state index in [2.05, 4.69) is 5.32 Å². The number of benzene rings is 2. The monoisotopic (exact) mass is 325 g/mol. The zero-order valence-corrected chi connectivity index (χ0v) is 13.9. The number of hydrogen-bond donors (Lipinski definition) is 2. The van der Waals surface area contributed by atoms with Crippen LogP contribution in [0, 0.1) is 17.8 Å². The maximum atomic E-state index is 12.1. The molecule has 2 aromatic rings. The summed E-state index contributed by atoms with van der Waals surface area (Å²) in [5, 5.41) is 14.5. The fraction of sp³-hybridized carbons (Fsp3) is 0.400. The van der Waals surface area contributed by atoms with Crippen molar-refractivity contribution in [1.29, 1.82) is 0 Å². The van der Waals surface area contributed by atoms with Crippen LogP contribution < -0.4 is 5.32 Å². The summed E-state index contributed by atoms with van der Waals surface area (Å²) in [5.74, 6) is -1.06. The number of nitrogens with one attached hydrogen (secondary N) is 1. The van der Waals surface area contributed by atoms with Gasteiger partial charge in [-0.1, -0.05) is 49.4 Å². The molecular formula is C20H23NO3. The Kier molecular flexibility index (Phi) is 4.84. The second kappa shape index (κ2) is 7.04. The summed E-state index contributed by atoms with van der Waals surface area (Å²) in [6, 6.07) is 13.9. The van der Waals surface area contributed by atoms with Crippen molar-refractivity contribution in [3.63, 3.8) is 0 Å². The van der Waals surface area contributed by atoms with Crippen LogP contribution in [-0.4, -0.2) is 23.5 Å². The number of rotatable bonds is 7. The normalized spacial score (nSPS) is 16.5. The molecule has 126 valence electrons. The number of amides is 1. The molecule has 1 fully saturated rings.